The fourth-order valence-electron chi connectivity index (χ4n) is 0.365. The van der Waals surface area contributed by atoms with Gasteiger partial charge in [-0.1, -0.05) is 66.2 Å². The van der Waals surface area contributed by atoms with Crippen molar-refractivity contribution >= 4 is 138 Å². The third-order valence-corrected chi connectivity index (χ3v) is 26.1. The highest BCUT2D eigenvalue weighted by Crippen LogP contribution is 2.38. The molecule has 0 amide bonds. The second-order valence-corrected chi connectivity index (χ2v) is 30.5. The lowest BCUT2D eigenvalue weighted by Gasteiger charge is -2.15. The molecule has 0 saturated carbocycles. The molecule has 0 saturated heterocycles. The Morgan fingerprint density at radius 3 is 0.286 bits per heavy atom. The minimum atomic E-state index is -0.870. The van der Waals surface area contributed by atoms with Gasteiger partial charge in [0.05, 0.1) is 52.9 Å². The highest BCUT2D eigenvalue weighted by atomic mass is 32.0. The third kappa shape index (κ3) is 71.9. The lowest BCUT2D eigenvalue weighted by atomic mass is 10.4. The Morgan fingerprint density at radius 1 is 0.232 bits per heavy atom. The molecule has 16 N–H and O–H groups in total. The Morgan fingerprint density at radius 2 is 0.286 bits per heavy atom. The summed E-state index contributed by atoms with van der Waals surface area (Å²) in [6.45, 7) is 11.5. The summed E-state index contributed by atoms with van der Waals surface area (Å²) in [6.07, 6.45) is 0. The molecule has 0 radical (unpaired) electrons. The molecule has 0 aromatic heterocycles. The van der Waals surface area contributed by atoms with Gasteiger partial charge in [0.15, 0.2) is 0 Å². The van der Waals surface area contributed by atoms with Crippen LogP contribution in [0.3, 0.4) is 0 Å². The Kier molecular flexibility index (Phi) is 63.8. The Hall–Kier alpha value is 6.24. The van der Waals surface area contributed by atoms with Crippen LogP contribution in [-0.4, -0.2) is 177 Å². The first-order chi connectivity index (χ1) is 25.0. The smallest absolute Gasteiger partial charge is 0.104 e. The fraction of sp³-hybridized carbons (Fsp3) is 1.00. The molecule has 24 unspecified atom stereocenters. The van der Waals surface area contributed by atoms with E-state index in [0.29, 0.717) is 66.2 Å². The minimum Gasteiger partial charge on any atom is -0.393 e. The van der Waals surface area contributed by atoms with Crippen LogP contribution in [0.5, 0.6) is 0 Å². The highest BCUT2D eigenvalue weighted by molar-refractivity contribution is 8.05. The van der Waals surface area contributed by atoms with Gasteiger partial charge < -0.3 is 81.7 Å². The minimum absolute atomic E-state index is 0.158. The van der Waals surface area contributed by atoms with Gasteiger partial charge in [-0.2, -0.15) is 0 Å². The Bertz CT molecular complexity index is 583. The van der Waals surface area contributed by atoms with Crippen LogP contribution >= 0.6 is 138 Å². The molecule has 0 heterocycles. The van der Waals surface area contributed by atoms with E-state index in [1.165, 1.54) is 0 Å². The summed E-state index contributed by atoms with van der Waals surface area (Å²) in [5.41, 5.74) is 0. The second kappa shape index (κ2) is 45.0. The van der Waals surface area contributed by atoms with Crippen LogP contribution < -0.4 is 0 Å². The molecular weight excluding hydrogens is 1040 g/mol. The van der Waals surface area contributed by atoms with Gasteiger partial charge >= 0.3 is 0 Å². The van der Waals surface area contributed by atoms with Gasteiger partial charge in [-0.25, -0.2) is 0 Å². The van der Waals surface area contributed by atoms with Gasteiger partial charge in [-0.3, -0.25) is 0 Å². The monoisotopic (exact) mass is 1120 g/mol. The number of rotatable bonds is 16. The summed E-state index contributed by atoms with van der Waals surface area (Å²) in [5.74, 6) is 0. The zero-order valence-electron chi connectivity index (χ0n) is 33.4. The van der Waals surface area contributed by atoms with Crippen LogP contribution in [0.25, 0.3) is 0 Å². The number of aliphatic hydroxyl groups excluding tert-OH is 8. The molecule has 352 valence electrons. The molecule has 0 spiro atoms. The summed E-state index contributed by atoms with van der Waals surface area (Å²) in [7, 11) is 21.5. The molecule has 0 aliphatic rings. The first kappa shape index (κ1) is 79.3. The van der Waals surface area contributed by atoms with Gasteiger partial charge in [0.2, 0.25) is 0 Å². The van der Waals surface area contributed by atoms with E-state index in [-0.39, 0.29) is 52.9 Å². The second-order valence-electron chi connectivity index (χ2n) is 12.6. The van der Waals surface area contributed by atoms with Crippen LogP contribution in [0, 0.1) is 0 Å². The summed E-state index contributed by atoms with van der Waals surface area (Å²) in [6, 6.07) is 0. The van der Waals surface area contributed by atoms with Crippen LogP contribution in [0.15, 0.2) is 0 Å². The maximum Gasteiger partial charge on any atom is 0.104 e. The van der Waals surface area contributed by atoms with Gasteiger partial charge in [0, 0.05) is 0 Å². The Labute approximate surface area is 368 Å². The zero-order chi connectivity index (χ0) is 47.3. The lowest BCUT2D eigenvalue weighted by molar-refractivity contribution is 0.0787. The van der Waals surface area contributed by atoms with Crippen molar-refractivity contribution in [2.45, 2.75) is 98.1 Å². The van der Waals surface area contributed by atoms with Gasteiger partial charge in [-0.05, 0) is 55.4 Å². The van der Waals surface area contributed by atoms with Crippen molar-refractivity contribution in [1.82, 2.24) is 0 Å². The van der Waals surface area contributed by atoms with E-state index in [4.69, 9.17) is 81.7 Å². The average Bonchev–Trinajstić information content (AvgIpc) is 3.19. The molecule has 0 bridgehead atoms. The van der Waals surface area contributed by atoms with Crippen molar-refractivity contribution in [2.75, 3.05) is 52.9 Å². The van der Waals surface area contributed by atoms with E-state index < -0.39 is 42.7 Å². The molecule has 32 heteroatoms. The lowest BCUT2D eigenvalue weighted by Crippen LogP contribution is -2.20. The van der Waals surface area contributed by atoms with Crippen molar-refractivity contribution in [2.24, 2.45) is 0 Å². The number of hydrogen-bond donors (Lipinski definition) is 16. The zero-order valence-corrected chi connectivity index (χ0v) is 50.7. The Balaban J connectivity index is -0.0000000784. The van der Waals surface area contributed by atoms with Gasteiger partial charge in [0.25, 0.3) is 0 Å². The van der Waals surface area contributed by atoms with E-state index in [0.717, 1.165) is 0 Å². The highest BCUT2D eigenvalue weighted by Gasteiger charge is 2.18. The van der Waals surface area contributed by atoms with Crippen molar-refractivity contribution in [3.63, 3.8) is 0 Å². The molecule has 0 aliphatic heterocycles. The summed E-state index contributed by atoms with van der Waals surface area (Å²) in [4.78, 5) is 0. The predicted octanol–water partition coefficient (Wildman–Crippen LogP) is 1.25. The largest absolute Gasteiger partial charge is 0.393 e. The molecule has 0 aliphatic carbocycles. The average molecular weight is 1120 g/mol. The van der Waals surface area contributed by atoms with E-state index in [2.05, 4.69) is 71.4 Å². The van der Waals surface area contributed by atoms with Gasteiger partial charge in [-0.15, -0.1) is 71.4 Å². The summed E-state index contributed by atoms with van der Waals surface area (Å²) in [5, 5.41) is 131. The van der Waals surface area contributed by atoms with Crippen molar-refractivity contribution in [3.05, 3.63) is 0 Å². The van der Waals surface area contributed by atoms with E-state index >= 15 is 0 Å². The van der Waals surface area contributed by atoms with Crippen LogP contribution in [0.1, 0.15) is 55.4 Å². The third-order valence-electron chi connectivity index (χ3n) is 4.95. The van der Waals surface area contributed by atoms with Crippen LogP contribution in [0.4, 0.5) is 0 Å². The van der Waals surface area contributed by atoms with Crippen LogP contribution in [0.2, 0.25) is 0 Å². The summed E-state index contributed by atoms with van der Waals surface area (Å²) < 4.78 is 0. The molecular formula is C24H80O16P16. The molecule has 56 heavy (non-hydrogen) atoms. The molecule has 0 rings (SSSR count). The standard InChI is InChI=1S/8C3H10O2P2/c8*1-3(5,2-4)7-6/h8*4-5,7H,2,6H2,1H3. The first-order valence-corrected chi connectivity index (χ1v) is 37.9. The fourth-order valence-corrected chi connectivity index (χ4v) is 3.29. The maximum absolute atomic E-state index is 8.87. The van der Waals surface area contributed by atoms with E-state index in [9.17, 15) is 0 Å². The normalized spacial score (nSPS) is 20.6. The SMILES string of the molecule is CC(O)(CO)PP.CC(O)(CO)PP.CC(O)(CO)PP.CC(O)(CO)PP.CC(O)(CO)PP.CC(O)(CO)PP.CC(O)(CO)PP.CC(O)(CO)PP. The number of hydrogen-bond acceptors (Lipinski definition) is 16. The molecule has 24 atom stereocenters. The van der Waals surface area contributed by atoms with E-state index in [1.54, 1.807) is 55.4 Å². The molecule has 0 aromatic carbocycles. The number of aliphatic hydroxyl groups is 16. The van der Waals surface area contributed by atoms with E-state index in [1.807, 2.05) is 0 Å². The molecule has 0 fully saturated rings. The predicted molar refractivity (Wildman–Crippen MR) is 286 cm³/mol. The van der Waals surface area contributed by atoms with Crippen LogP contribution in [-0.2, 0) is 0 Å². The maximum atomic E-state index is 8.87. The van der Waals surface area contributed by atoms with Crippen molar-refractivity contribution in [3.8, 4) is 0 Å². The van der Waals surface area contributed by atoms with Crippen molar-refractivity contribution < 1.29 is 81.7 Å². The van der Waals surface area contributed by atoms with Crippen molar-refractivity contribution in [1.29, 1.82) is 0 Å². The quantitative estimate of drug-likeness (QED) is 0.0968. The first-order valence-electron chi connectivity index (χ1n) is 15.5. The molecule has 16 nitrogen and oxygen atoms in total. The summed E-state index contributed by atoms with van der Waals surface area (Å²) >= 11 is 0. The van der Waals surface area contributed by atoms with Gasteiger partial charge in [0.1, 0.15) is 42.7 Å². The molecule has 0 aromatic rings. The topological polar surface area (TPSA) is 324 Å².